The van der Waals surface area contributed by atoms with Gasteiger partial charge in [-0.05, 0) is 31.0 Å². The second-order valence-electron chi connectivity index (χ2n) is 5.74. The molecule has 1 rings (SSSR count). The van der Waals surface area contributed by atoms with Gasteiger partial charge in [-0.25, -0.2) is 0 Å². The molecule has 2 N–H and O–H groups in total. The van der Waals surface area contributed by atoms with Crippen LogP contribution >= 0.6 is 15.9 Å². The molecule has 4 heteroatoms. The van der Waals surface area contributed by atoms with Crippen molar-refractivity contribution in [3.8, 4) is 0 Å². The lowest BCUT2D eigenvalue weighted by molar-refractivity contribution is -0.135. The third-order valence-electron chi connectivity index (χ3n) is 3.57. The summed E-state index contributed by atoms with van der Waals surface area (Å²) in [6.45, 7) is 4.68. The predicted octanol–water partition coefficient (Wildman–Crippen LogP) is 3.83. The summed E-state index contributed by atoms with van der Waals surface area (Å²) >= 11 is 3.39. The minimum atomic E-state index is -1.28. The first-order valence-electron chi connectivity index (χ1n) is 7.66. The van der Waals surface area contributed by atoms with Gasteiger partial charge in [-0.3, -0.25) is 4.79 Å². The number of hydrogen-bond acceptors (Lipinski definition) is 3. The average molecular weight is 356 g/mol. The summed E-state index contributed by atoms with van der Waals surface area (Å²) in [5, 5.41) is 13.4. The normalized spacial score (nSPS) is 13.9. The summed E-state index contributed by atoms with van der Waals surface area (Å²) in [4.78, 5) is 12.0. The summed E-state index contributed by atoms with van der Waals surface area (Å²) < 4.78 is 1.04. The highest BCUT2D eigenvalue weighted by Gasteiger charge is 2.28. The Hall–Kier alpha value is -0.710. The SMILES string of the molecule is CCCCCCC(=O)[C@@](C)(O)CNCc1ccc(Br)cc1. The van der Waals surface area contributed by atoms with Gasteiger partial charge in [0.25, 0.3) is 0 Å². The Bertz CT molecular complexity index is 429. The van der Waals surface area contributed by atoms with Crippen LogP contribution in [0.4, 0.5) is 0 Å². The minimum absolute atomic E-state index is 0.0677. The minimum Gasteiger partial charge on any atom is -0.381 e. The van der Waals surface area contributed by atoms with Crippen molar-refractivity contribution in [3.05, 3.63) is 34.3 Å². The van der Waals surface area contributed by atoms with Gasteiger partial charge in [0.1, 0.15) is 5.60 Å². The predicted molar refractivity (Wildman–Crippen MR) is 90.2 cm³/mol. The molecule has 0 fully saturated rings. The molecule has 3 nitrogen and oxygen atoms in total. The molecule has 118 valence electrons. The lowest BCUT2D eigenvalue weighted by atomic mass is 9.96. The van der Waals surface area contributed by atoms with Crippen molar-refractivity contribution in [1.29, 1.82) is 0 Å². The van der Waals surface area contributed by atoms with E-state index in [1.54, 1.807) is 6.92 Å². The van der Waals surface area contributed by atoms with Crippen LogP contribution in [-0.2, 0) is 11.3 Å². The highest BCUT2D eigenvalue weighted by Crippen LogP contribution is 2.13. The van der Waals surface area contributed by atoms with Gasteiger partial charge < -0.3 is 10.4 Å². The Labute approximate surface area is 136 Å². The van der Waals surface area contributed by atoms with Crippen molar-refractivity contribution in [2.75, 3.05) is 6.54 Å². The van der Waals surface area contributed by atoms with E-state index in [9.17, 15) is 9.90 Å². The fourth-order valence-electron chi connectivity index (χ4n) is 2.13. The lowest BCUT2D eigenvalue weighted by Crippen LogP contribution is -2.44. The van der Waals surface area contributed by atoms with Gasteiger partial charge in [-0.2, -0.15) is 0 Å². The Morgan fingerprint density at radius 2 is 1.90 bits per heavy atom. The molecule has 0 saturated heterocycles. The van der Waals surface area contributed by atoms with Crippen LogP contribution < -0.4 is 5.32 Å². The molecular weight excluding hydrogens is 330 g/mol. The molecule has 0 aliphatic heterocycles. The van der Waals surface area contributed by atoms with E-state index >= 15 is 0 Å². The van der Waals surface area contributed by atoms with Crippen molar-refractivity contribution >= 4 is 21.7 Å². The fourth-order valence-corrected chi connectivity index (χ4v) is 2.40. The maximum Gasteiger partial charge on any atom is 0.165 e. The summed E-state index contributed by atoms with van der Waals surface area (Å²) in [7, 11) is 0. The van der Waals surface area contributed by atoms with Gasteiger partial charge in [-0.1, -0.05) is 54.2 Å². The Morgan fingerprint density at radius 3 is 2.52 bits per heavy atom. The van der Waals surface area contributed by atoms with E-state index in [4.69, 9.17) is 0 Å². The van der Waals surface area contributed by atoms with Crippen molar-refractivity contribution in [2.24, 2.45) is 0 Å². The Kier molecular flexibility index (Phi) is 8.15. The fraction of sp³-hybridized carbons (Fsp3) is 0.588. The molecule has 0 unspecified atom stereocenters. The summed E-state index contributed by atoms with van der Waals surface area (Å²) in [6.07, 6.45) is 4.70. The van der Waals surface area contributed by atoms with Crippen LogP contribution in [0.2, 0.25) is 0 Å². The molecule has 1 atom stereocenters. The number of aliphatic hydroxyl groups is 1. The zero-order chi connectivity index (χ0) is 15.7. The van der Waals surface area contributed by atoms with Crippen LogP contribution in [0.25, 0.3) is 0 Å². The molecule has 0 aromatic heterocycles. The third kappa shape index (κ3) is 7.21. The zero-order valence-electron chi connectivity index (χ0n) is 13.0. The standard InChI is InChI=1S/C17H26BrNO2/c1-3-4-5-6-7-16(20)17(2,21)13-19-12-14-8-10-15(18)11-9-14/h8-11,19,21H,3-7,12-13H2,1-2H3/t17-/m0/s1. The first-order chi connectivity index (χ1) is 9.95. The largest absolute Gasteiger partial charge is 0.381 e. The summed E-state index contributed by atoms with van der Waals surface area (Å²) in [6, 6.07) is 7.98. The number of hydrogen-bond donors (Lipinski definition) is 2. The highest BCUT2D eigenvalue weighted by molar-refractivity contribution is 9.10. The monoisotopic (exact) mass is 355 g/mol. The van der Waals surface area contributed by atoms with Crippen LogP contribution in [0.15, 0.2) is 28.7 Å². The van der Waals surface area contributed by atoms with Crippen LogP contribution in [-0.4, -0.2) is 23.0 Å². The van der Waals surface area contributed by atoms with Gasteiger partial charge in [0.05, 0.1) is 0 Å². The van der Waals surface area contributed by atoms with Crippen molar-refractivity contribution in [3.63, 3.8) is 0 Å². The highest BCUT2D eigenvalue weighted by atomic mass is 79.9. The molecule has 0 aliphatic rings. The Balaban J connectivity index is 2.31. The number of ketones is 1. The van der Waals surface area contributed by atoms with E-state index in [0.717, 1.165) is 35.7 Å². The van der Waals surface area contributed by atoms with E-state index in [-0.39, 0.29) is 12.3 Å². The number of carbonyl (C=O) groups is 1. The van der Waals surface area contributed by atoms with E-state index in [0.29, 0.717) is 13.0 Å². The second kappa shape index (κ2) is 9.34. The molecule has 0 saturated carbocycles. The van der Waals surface area contributed by atoms with Gasteiger partial charge >= 0.3 is 0 Å². The van der Waals surface area contributed by atoms with Crippen molar-refractivity contribution in [2.45, 2.75) is 58.1 Å². The van der Waals surface area contributed by atoms with Crippen LogP contribution in [0.1, 0.15) is 51.5 Å². The van der Waals surface area contributed by atoms with Gasteiger partial charge in [0.2, 0.25) is 0 Å². The van der Waals surface area contributed by atoms with Gasteiger partial charge in [0.15, 0.2) is 5.78 Å². The third-order valence-corrected chi connectivity index (χ3v) is 4.10. The number of nitrogens with one attached hydrogen (secondary N) is 1. The topological polar surface area (TPSA) is 49.3 Å². The number of halogens is 1. The number of rotatable bonds is 10. The van der Waals surface area contributed by atoms with Crippen LogP contribution in [0.5, 0.6) is 0 Å². The molecule has 0 bridgehead atoms. The van der Waals surface area contributed by atoms with Crippen molar-refractivity contribution in [1.82, 2.24) is 5.32 Å². The number of unbranched alkanes of at least 4 members (excludes halogenated alkanes) is 3. The molecule has 0 aliphatic carbocycles. The van der Waals surface area contributed by atoms with Gasteiger partial charge in [0, 0.05) is 24.0 Å². The van der Waals surface area contributed by atoms with E-state index in [1.165, 1.54) is 0 Å². The molecule has 0 heterocycles. The van der Waals surface area contributed by atoms with E-state index in [1.807, 2.05) is 24.3 Å². The molecule has 1 aromatic carbocycles. The maximum atomic E-state index is 12.0. The van der Waals surface area contributed by atoms with Crippen molar-refractivity contribution < 1.29 is 9.90 Å². The molecule has 0 radical (unpaired) electrons. The maximum absolute atomic E-state index is 12.0. The van der Waals surface area contributed by atoms with E-state index in [2.05, 4.69) is 28.2 Å². The molecule has 0 spiro atoms. The first-order valence-corrected chi connectivity index (χ1v) is 8.46. The van der Waals surface area contributed by atoms with Gasteiger partial charge in [-0.15, -0.1) is 0 Å². The molecule has 21 heavy (non-hydrogen) atoms. The smallest absolute Gasteiger partial charge is 0.165 e. The van der Waals surface area contributed by atoms with E-state index < -0.39 is 5.60 Å². The Morgan fingerprint density at radius 1 is 1.24 bits per heavy atom. The second-order valence-corrected chi connectivity index (χ2v) is 6.65. The zero-order valence-corrected chi connectivity index (χ0v) is 14.6. The molecular formula is C17H26BrNO2. The lowest BCUT2D eigenvalue weighted by Gasteiger charge is -2.22. The first kappa shape index (κ1) is 18.3. The number of benzene rings is 1. The quantitative estimate of drug-likeness (QED) is 0.627. The van der Waals surface area contributed by atoms with Crippen LogP contribution in [0, 0.1) is 0 Å². The van der Waals surface area contributed by atoms with Crippen LogP contribution in [0.3, 0.4) is 0 Å². The average Bonchev–Trinajstić information content (AvgIpc) is 2.45. The molecule has 1 aromatic rings. The number of carbonyl (C=O) groups excluding carboxylic acids is 1. The molecule has 0 amide bonds. The summed E-state index contributed by atoms with van der Waals surface area (Å²) in [5.41, 5.74) is -0.147. The number of Topliss-reactive ketones (excluding diaryl/α,β-unsaturated/α-hetero) is 1. The summed E-state index contributed by atoms with van der Waals surface area (Å²) in [5.74, 6) is -0.0677.